The summed E-state index contributed by atoms with van der Waals surface area (Å²) in [4.78, 5) is 31.1. The van der Waals surface area contributed by atoms with Crippen molar-refractivity contribution in [3.05, 3.63) is 56.6 Å². The molecule has 0 bridgehead atoms. The maximum atomic E-state index is 15.5. The van der Waals surface area contributed by atoms with E-state index in [0.29, 0.717) is 36.8 Å². The molecule has 0 radical (unpaired) electrons. The number of piperidine rings is 2. The number of nitrogens with one attached hydrogen (secondary N) is 2. The summed E-state index contributed by atoms with van der Waals surface area (Å²) in [5.74, 6) is -0.757. The van der Waals surface area contributed by atoms with E-state index in [9.17, 15) is 10.2 Å². The van der Waals surface area contributed by atoms with Crippen molar-refractivity contribution in [2.24, 2.45) is 5.41 Å². The van der Waals surface area contributed by atoms with Crippen molar-refractivity contribution in [3.63, 3.8) is 0 Å². The molecule has 2 aromatic rings. The van der Waals surface area contributed by atoms with Gasteiger partial charge < -0.3 is 30.3 Å². The first-order chi connectivity index (χ1) is 24.7. The molecule has 2 aliphatic rings. The van der Waals surface area contributed by atoms with Crippen molar-refractivity contribution in [1.29, 1.82) is 0 Å². The highest BCUT2D eigenvalue weighted by Gasteiger charge is 2.53. The summed E-state index contributed by atoms with van der Waals surface area (Å²) >= 11 is 0. The molecule has 0 atom stereocenters. The van der Waals surface area contributed by atoms with Crippen LogP contribution >= 0.6 is 0 Å². The summed E-state index contributed by atoms with van der Waals surface area (Å²) < 4.78 is 13.3. The Morgan fingerprint density at radius 1 is 0.582 bits per heavy atom. The van der Waals surface area contributed by atoms with Gasteiger partial charge in [-0.3, -0.25) is 9.59 Å². The molecule has 0 aliphatic carbocycles. The van der Waals surface area contributed by atoms with Crippen LogP contribution in [0.2, 0.25) is 0 Å². The number of phenolic OH excluding ortho intramolecular Hbond substituents is 2. The van der Waals surface area contributed by atoms with Crippen LogP contribution in [0.15, 0.2) is 12.1 Å². The second-order valence-corrected chi connectivity index (χ2v) is 22.0. The second-order valence-electron chi connectivity index (χ2n) is 22.0. The Morgan fingerprint density at radius 2 is 0.855 bits per heavy atom. The molecule has 2 aromatic carbocycles. The number of hydrogen-bond acceptors (Lipinski definition) is 8. The zero-order valence-electron chi connectivity index (χ0n) is 37.6. The first-order valence-corrected chi connectivity index (χ1v) is 20.4. The van der Waals surface area contributed by atoms with Crippen LogP contribution in [0.1, 0.15) is 167 Å². The van der Waals surface area contributed by atoms with E-state index < -0.39 is 40.4 Å². The van der Waals surface area contributed by atoms with E-state index in [1.165, 1.54) is 0 Å². The van der Waals surface area contributed by atoms with Gasteiger partial charge in [0.15, 0.2) is 5.41 Å². The van der Waals surface area contributed by atoms with Gasteiger partial charge >= 0.3 is 11.9 Å². The van der Waals surface area contributed by atoms with Gasteiger partial charge in [0.25, 0.3) is 0 Å². The number of benzene rings is 2. The van der Waals surface area contributed by atoms with Crippen LogP contribution < -0.4 is 10.6 Å². The monoisotopic (exact) mass is 763 g/mol. The Kier molecular flexibility index (Phi) is 11.9. The zero-order valence-corrected chi connectivity index (χ0v) is 37.6. The van der Waals surface area contributed by atoms with E-state index in [2.05, 4.69) is 66.0 Å². The molecule has 8 nitrogen and oxygen atoms in total. The predicted octanol–water partition coefficient (Wildman–Crippen LogP) is 9.40. The standard InChI is InChI=1S/C47H74N2O6/c1-27-29(3)37(50)35(41(5,6)7)19-31(27)21-47(39(52)54-33-23-43(11,12)48-44(13,14)24-33,40(53)55-34-25-45(15,16)49-46(17,18)26-34)22-32-20-36(42(8,9)10)38(51)30(4)28(32)2/h19-20,33-34,48-51H,21-26H2,1-18H3. The summed E-state index contributed by atoms with van der Waals surface area (Å²) in [6.07, 6.45) is 1.48. The van der Waals surface area contributed by atoms with Crippen molar-refractivity contribution in [3.8, 4) is 11.5 Å². The van der Waals surface area contributed by atoms with Crippen molar-refractivity contribution in [2.75, 3.05) is 0 Å². The molecule has 0 aromatic heterocycles. The highest BCUT2D eigenvalue weighted by atomic mass is 16.6. The van der Waals surface area contributed by atoms with Crippen LogP contribution in [-0.2, 0) is 42.7 Å². The lowest BCUT2D eigenvalue weighted by molar-refractivity contribution is -0.183. The van der Waals surface area contributed by atoms with Crippen LogP contribution in [0.5, 0.6) is 11.5 Å². The van der Waals surface area contributed by atoms with Gasteiger partial charge in [0, 0.05) is 47.8 Å². The number of phenols is 2. The van der Waals surface area contributed by atoms with Gasteiger partial charge in [-0.05, 0) is 151 Å². The average molecular weight is 763 g/mol. The molecule has 4 N–H and O–H groups in total. The maximum absolute atomic E-state index is 15.5. The SMILES string of the molecule is Cc1c(CC(Cc2cc(C(C)(C)C)c(O)c(C)c2C)(C(=O)OC2CC(C)(C)NC(C)(C)C2)C(=O)OC2CC(C)(C)NC(C)(C)C2)cc(C(C)(C)C)c(O)c1C. The maximum Gasteiger partial charge on any atom is 0.324 e. The largest absolute Gasteiger partial charge is 0.507 e. The van der Waals surface area contributed by atoms with Crippen molar-refractivity contribution >= 4 is 11.9 Å². The van der Waals surface area contributed by atoms with Gasteiger partial charge in [0.1, 0.15) is 23.7 Å². The molecule has 8 heteroatoms. The fourth-order valence-corrected chi connectivity index (χ4v) is 9.69. The van der Waals surface area contributed by atoms with Gasteiger partial charge in [-0.25, -0.2) is 0 Å². The van der Waals surface area contributed by atoms with Crippen LogP contribution in [0, 0.1) is 33.1 Å². The normalized spacial score (nSPS) is 20.3. The quantitative estimate of drug-likeness (QED) is 0.155. The molecule has 2 saturated heterocycles. The molecule has 2 heterocycles. The van der Waals surface area contributed by atoms with Crippen molar-refractivity contribution in [1.82, 2.24) is 10.6 Å². The van der Waals surface area contributed by atoms with E-state index in [1.807, 2.05) is 81.4 Å². The minimum absolute atomic E-state index is 0.0143. The average Bonchev–Trinajstić information content (AvgIpc) is 2.96. The minimum atomic E-state index is -1.80. The third-order valence-corrected chi connectivity index (χ3v) is 12.2. The van der Waals surface area contributed by atoms with Gasteiger partial charge in [-0.2, -0.15) is 0 Å². The number of rotatable bonds is 8. The van der Waals surface area contributed by atoms with E-state index >= 15 is 9.59 Å². The topological polar surface area (TPSA) is 117 Å². The smallest absolute Gasteiger partial charge is 0.324 e. The number of hydrogen-bond donors (Lipinski definition) is 4. The first kappa shape index (κ1) is 44.6. The van der Waals surface area contributed by atoms with E-state index in [1.54, 1.807) is 0 Å². The molecule has 0 unspecified atom stereocenters. The van der Waals surface area contributed by atoms with Crippen molar-refractivity contribution < 1.29 is 29.3 Å². The Balaban J connectivity index is 2.03. The van der Waals surface area contributed by atoms with E-state index in [-0.39, 0.29) is 46.5 Å². The Bertz CT molecular complexity index is 1640. The third-order valence-electron chi connectivity index (χ3n) is 12.2. The number of esters is 2. The fourth-order valence-electron chi connectivity index (χ4n) is 9.69. The van der Waals surface area contributed by atoms with E-state index in [4.69, 9.17) is 9.47 Å². The van der Waals surface area contributed by atoms with Crippen LogP contribution in [0.3, 0.4) is 0 Å². The summed E-state index contributed by atoms with van der Waals surface area (Å²) in [5, 5.41) is 30.2. The third kappa shape index (κ3) is 9.90. The zero-order chi connectivity index (χ0) is 42.1. The summed E-state index contributed by atoms with van der Waals surface area (Å²) in [6.45, 7) is 36.9. The summed E-state index contributed by atoms with van der Waals surface area (Å²) in [7, 11) is 0. The van der Waals surface area contributed by atoms with Crippen LogP contribution in [0.4, 0.5) is 0 Å². The lowest BCUT2D eigenvalue weighted by atomic mass is 9.71. The fraction of sp³-hybridized carbons (Fsp3) is 0.702. The van der Waals surface area contributed by atoms with Gasteiger partial charge in [-0.1, -0.05) is 53.7 Å². The number of carbonyl (C=O) groups excluding carboxylic acids is 2. The number of aromatic hydroxyl groups is 2. The second kappa shape index (κ2) is 14.7. The summed E-state index contributed by atoms with van der Waals surface area (Å²) in [6, 6.07) is 3.94. The lowest BCUT2D eigenvalue weighted by Gasteiger charge is -2.47. The molecule has 2 aliphatic heterocycles. The van der Waals surface area contributed by atoms with Crippen LogP contribution in [0.25, 0.3) is 0 Å². The molecule has 55 heavy (non-hydrogen) atoms. The lowest BCUT2D eigenvalue weighted by Crippen LogP contribution is -2.61. The molecule has 4 rings (SSSR count). The summed E-state index contributed by atoms with van der Waals surface area (Å²) in [5.41, 5.74) is 2.29. The highest BCUT2D eigenvalue weighted by molar-refractivity contribution is 6.01. The molecular formula is C47H74N2O6. The highest BCUT2D eigenvalue weighted by Crippen LogP contribution is 2.44. The predicted molar refractivity (Wildman–Crippen MR) is 223 cm³/mol. The van der Waals surface area contributed by atoms with Gasteiger partial charge in [-0.15, -0.1) is 0 Å². The minimum Gasteiger partial charge on any atom is -0.507 e. The molecular weight excluding hydrogens is 689 g/mol. The molecule has 0 saturated carbocycles. The molecule has 2 fully saturated rings. The number of carbonyl (C=O) groups is 2. The molecule has 0 amide bonds. The Morgan fingerprint density at radius 3 is 1.11 bits per heavy atom. The van der Waals surface area contributed by atoms with Crippen LogP contribution in [-0.4, -0.2) is 56.5 Å². The van der Waals surface area contributed by atoms with Crippen molar-refractivity contribution in [2.45, 2.75) is 208 Å². The van der Waals surface area contributed by atoms with Gasteiger partial charge in [0.05, 0.1) is 0 Å². The Hall–Kier alpha value is -3.10. The number of ether oxygens (including phenoxy) is 2. The Labute approximate surface area is 332 Å². The molecule has 308 valence electrons. The van der Waals surface area contributed by atoms with Gasteiger partial charge in [0.2, 0.25) is 0 Å². The first-order valence-electron chi connectivity index (χ1n) is 20.4. The molecule has 0 spiro atoms. The van der Waals surface area contributed by atoms with E-state index in [0.717, 1.165) is 33.4 Å².